The largest absolute Gasteiger partial charge is 0.331 e. The maximum Gasteiger partial charge on any atom is 0.0953 e. The van der Waals surface area contributed by atoms with Crippen LogP contribution in [-0.2, 0) is 13.0 Å². The first kappa shape index (κ1) is 11.8. The van der Waals surface area contributed by atoms with Crippen molar-refractivity contribution in [2.24, 2.45) is 0 Å². The van der Waals surface area contributed by atoms with Gasteiger partial charge < -0.3 is 9.88 Å². The molecular formula is C13H18N4. The molecule has 0 bridgehead atoms. The van der Waals surface area contributed by atoms with Gasteiger partial charge in [0.25, 0.3) is 0 Å². The molecule has 0 spiro atoms. The molecule has 1 N–H and O–H groups in total. The fourth-order valence-corrected chi connectivity index (χ4v) is 1.69. The molecule has 2 heterocycles. The number of rotatable bonds is 6. The Morgan fingerprint density at radius 3 is 2.94 bits per heavy atom. The standard InChI is InChI=1S/C13H18N4/c1-2-14-8-6-13-10-17(11-16-13)9-12-5-3-4-7-15-12/h3-5,7,10-11,14H,2,6,8-9H2,1H3. The lowest BCUT2D eigenvalue weighted by molar-refractivity contribution is 0.708. The Balaban J connectivity index is 1.90. The van der Waals surface area contributed by atoms with Crippen molar-refractivity contribution in [2.45, 2.75) is 19.9 Å². The molecule has 0 unspecified atom stereocenters. The van der Waals surface area contributed by atoms with Gasteiger partial charge in [-0.2, -0.15) is 0 Å². The molecule has 4 heteroatoms. The molecule has 2 aromatic rings. The summed E-state index contributed by atoms with van der Waals surface area (Å²) in [5.74, 6) is 0. The van der Waals surface area contributed by atoms with Crippen molar-refractivity contribution in [1.29, 1.82) is 0 Å². The van der Waals surface area contributed by atoms with E-state index in [0.29, 0.717) is 0 Å². The smallest absolute Gasteiger partial charge is 0.0953 e. The zero-order valence-corrected chi connectivity index (χ0v) is 10.1. The van der Waals surface area contributed by atoms with E-state index in [2.05, 4.69) is 33.0 Å². The van der Waals surface area contributed by atoms with E-state index in [4.69, 9.17) is 0 Å². The topological polar surface area (TPSA) is 42.7 Å². The normalized spacial score (nSPS) is 10.6. The first-order chi connectivity index (χ1) is 8.38. The van der Waals surface area contributed by atoms with Crippen molar-refractivity contribution in [3.8, 4) is 0 Å². The minimum Gasteiger partial charge on any atom is -0.331 e. The third kappa shape index (κ3) is 3.67. The van der Waals surface area contributed by atoms with Gasteiger partial charge in [0.05, 0.1) is 24.3 Å². The molecule has 0 aliphatic carbocycles. The average molecular weight is 230 g/mol. The van der Waals surface area contributed by atoms with Crippen LogP contribution in [0.25, 0.3) is 0 Å². The quantitative estimate of drug-likeness (QED) is 0.764. The maximum atomic E-state index is 4.38. The number of nitrogens with one attached hydrogen (secondary N) is 1. The Hall–Kier alpha value is -1.68. The third-order valence-electron chi connectivity index (χ3n) is 2.57. The minimum atomic E-state index is 0.787. The molecule has 17 heavy (non-hydrogen) atoms. The molecule has 0 saturated carbocycles. The van der Waals surface area contributed by atoms with Crippen LogP contribution < -0.4 is 5.32 Å². The summed E-state index contributed by atoms with van der Waals surface area (Å²) in [4.78, 5) is 8.68. The zero-order chi connectivity index (χ0) is 11.9. The number of aromatic nitrogens is 3. The first-order valence-electron chi connectivity index (χ1n) is 5.99. The molecule has 0 atom stereocenters. The number of nitrogens with zero attached hydrogens (tertiary/aromatic N) is 3. The summed E-state index contributed by atoms with van der Waals surface area (Å²) >= 11 is 0. The van der Waals surface area contributed by atoms with Gasteiger partial charge >= 0.3 is 0 Å². The van der Waals surface area contributed by atoms with Gasteiger partial charge in [0.1, 0.15) is 0 Å². The number of likely N-dealkylation sites (N-methyl/N-ethyl adjacent to an activating group) is 1. The van der Waals surface area contributed by atoms with E-state index in [9.17, 15) is 0 Å². The van der Waals surface area contributed by atoms with Crippen LogP contribution in [0.4, 0.5) is 0 Å². The molecule has 0 aliphatic rings. The maximum absolute atomic E-state index is 4.38. The lowest BCUT2D eigenvalue weighted by Crippen LogP contribution is -2.16. The van der Waals surface area contributed by atoms with Crippen LogP contribution >= 0.6 is 0 Å². The highest BCUT2D eigenvalue weighted by molar-refractivity contribution is 5.06. The molecule has 90 valence electrons. The first-order valence-corrected chi connectivity index (χ1v) is 5.99. The van der Waals surface area contributed by atoms with Gasteiger partial charge in [-0.15, -0.1) is 0 Å². The number of pyridine rings is 1. The lowest BCUT2D eigenvalue weighted by atomic mass is 10.3. The lowest BCUT2D eigenvalue weighted by Gasteiger charge is -2.00. The second-order valence-corrected chi connectivity index (χ2v) is 3.96. The van der Waals surface area contributed by atoms with Crippen LogP contribution in [0.5, 0.6) is 0 Å². The van der Waals surface area contributed by atoms with Gasteiger partial charge in [0.15, 0.2) is 0 Å². The van der Waals surface area contributed by atoms with Crippen LogP contribution in [0.3, 0.4) is 0 Å². The Morgan fingerprint density at radius 2 is 2.18 bits per heavy atom. The molecule has 0 fully saturated rings. The van der Waals surface area contributed by atoms with Gasteiger partial charge in [-0.1, -0.05) is 13.0 Å². The molecular weight excluding hydrogens is 212 g/mol. The van der Waals surface area contributed by atoms with Crippen molar-refractivity contribution in [1.82, 2.24) is 19.9 Å². The van der Waals surface area contributed by atoms with Crippen LogP contribution in [0.1, 0.15) is 18.3 Å². The van der Waals surface area contributed by atoms with Crippen molar-refractivity contribution in [2.75, 3.05) is 13.1 Å². The second-order valence-electron chi connectivity index (χ2n) is 3.96. The summed E-state index contributed by atoms with van der Waals surface area (Å²) in [6.45, 7) is 4.89. The van der Waals surface area contributed by atoms with E-state index < -0.39 is 0 Å². The highest BCUT2D eigenvalue weighted by Gasteiger charge is 1.99. The van der Waals surface area contributed by atoms with Gasteiger partial charge in [-0.05, 0) is 18.7 Å². The van der Waals surface area contributed by atoms with Crippen molar-refractivity contribution in [3.05, 3.63) is 48.3 Å². The summed E-state index contributed by atoms with van der Waals surface area (Å²) in [5, 5.41) is 3.29. The summed E-state index contributed by atoms with van der Waals surface area (Å²) < 4.78 is 2.07. The Bertz CT molecular complexity index is 436. The molecule has 0 amide bonds. The average Bonchev–Trinajstić information content (AvgIpc) is 2.79. The number of hydrogen-bond donors (Lipinski definition) is 1. The molecule has 2 rings (SSSR count). The predicted molar refractivity (Wildman–Crippen MR) is 67.8 cm³/mol. The Labute approximate surface area is 102 Å². The van der Waals surface area contributed by atoms with E-state index in [1.54, 1.807) is 0 Å². The molecule has 0 aromatic carbocycles. The zero-order valence-electron chi connectivity index (χ0n) is 10.1. The van der Waals surface area contributed by atoms with Gasteiger partial charge in [0, 0.05) is 25.4 Å². The minimum absolute atomic E-state index is 0.787. The predicted octanol–water partition coefficient (Wildman–Crippen LogP) is 1.48. The van der Waals surface area contributed by atoms with Crippen LogP contribution in [0.2, 0.25) is 0 Å². The molecule has 0 aliphatic heterocycles. The summed E-state index contributed by atoms with van der Waals surface area (Å²) in [7, 11) is 0. The molecule has 0 saturated heterocycles. The monoisotopic (exact) mass is 230 g/mol. The van der Waals surface area contributed by atoms with Crippen molar-refractivity contribution < 1.29 is 0 Å². The van der Waals surface area contributed by atoms with Crippen molar-refractivity contribution >= 4 is 0 Å². The van der Waals surface area contributed by atoms with E-state index in [1.165, 1.54) is 0 Å². The molecule has 2 aromatic heterocycles. The fraction of sp³-hybridized carbons (Fsp3) is 0.385. The number of hydrogen-bond acceptors (Lipinski definition) is 3. The van der Waals surface area contributed by atoms with Crippen molar-refractivity contribution in [3.63, 3.8) is 0 Å². The van der Waals surface area contributed by atoms with Crippen LogP contribution in [-0.4, -0.2) is 27.6 Å². The highest BCUT2D eigenvalue weighted by atomic mass is 15.0. The number of imidazole rings is 1. The second kappa shape index (κ2) is 6.15. The van der Waals surface area contributed by atoms with E-state index >= 15 is 0 Å². The van der Waals surface area contributed by atoms with E-state index in [0.717, 1.165) is 37.4 Å². The van der Waals surface area contributed by atoms with E-state index in [1.807, 2.05) is 30.7 Å². The summed E-state index contributed by atoms with van der Waals surface area (Å²) in [5.41, 5.74) is 2.19. The van der Waals surface area contributed by atoms with Gasteiger partial charge in [-0.25, -0.2) is 4.98 Å². The SMILES string of the molecule is CCNCCc1cn(Cc2ccccn2)cn1. The Morgan fingerprint density at radius 1 is 1.24 bits per heavy atom. The van der Waals surface area contributed by atoms with Gasteiger partial charge in [0.2, 0.25) is 0 Å². The van der Waals surface area contributed by atoms with E-state index in [-0.39, 0.29) is 0 Å². The Kier molecular flexibility index (Phi) is 4.27. The summed E-state index contributed by atoms with van der Waals surface area (Å²) in [6, 6.07) is 5.96. The highest BCUT2D eigenvalue weighted by Crippen LogP contribution is 2.01. The summed E-state index contributed by atoms with van der Waals surface area (Å²) in [6.07, 6.45) is 6.75. The molecule has 0 radical (unpaired) electrons. The fourth-order valence-electron chi connectivity index (χ4n) is 1.69. The molecule has 4 nitrogen and oxygen atoms in total. The van der Waals surface area contributed by atoms with Crippen LogP contribution in [0.15, 0.2) is 36.9 Å². The third-order valence-corrected chi connectivity index (χ3v) is 2.57. The van der Waals surface area contributed by atoms with Gasteiger partial charge in [-0.3, -0.25) is 4.98 Å². The van der Waals surface area contributed by atoms with Crippen LogP contribution in [0, 0.1) is 0 Å².